The third-order valence-electron chi connectivity index (χ3n) is 2.52. The lowest BCUT2D eigenvalue weighted by atomic mass is 10.1. The lowest BCUT2D eigenvalue weighted by molar-refractivity contribution is 0.413. The molecule has 4 heteroatoms. The minimum atomic E-state index is -0.297. The summed E-state index contributed by atoms with van der Waals surface area (Å²) in [5.74, 6) is 0.571. The van der Waals surface area contributed by atoms with E-state index in [9.17, 15) is 4.39 Å². The number of hydrogen-bond donors (Lipinski definition) is 0. The highest BCUT2D eigenvalue weighted by molar-refractivity contribution is 7.13. The minimum absolute atomic E-state index is 0.297. The number of thiazole rings is 1. The summed E-state index contributed by atoms with van der Waals surface area (Å²) in [6.07, 6.45) is 0. The third kappa shape index (κ3) is 2.31. The summed E-state index contributed by atoms with van der Waals surface area (Å²) in [5, 5.41) is 2.63. The molecule has 90 valence electrons. The molecule has 0 aliphatic carbocycles. The molecule has 0 fully saturated rings. The highest BCUT2D eigenvalue weighted by atomic mass is 32.1. The second-order valence-electron chi connectivity index (χ2n) is 4.05. The average molecular weight is 251 g/mol. The number of methoxy groups -OCH3 is 1. The second-order valence-corrected chi connectivity index (χ2v) is 4.91. The third-order valence-corrected chi connectivity index (χ3v) is 3.40. The number of benzene rings is 1. The van der Waals surface area contributed by atoms with E-state index in [0.29, 0.717) is 22.2 Å². The SMILES string of the molecule is COc1cccc(F)c1-c1nc(C(C)C)cs1. The Labute approximate surface area is 104 Å². The van der Waals surface area contributed by atoms with E-state index in [-0.39, 0.29) is 5.82 Å². The average Bonchev–Trinajstić information content (AvgIpc) is 2.77. The van der Waals surface area contributed by atoms with E-state index in [4.69, 9.17) is 4.74 Å². The summed E-state index contributed by atoms with van der Waals surface area (Å²) in [4.78, 5) is 4.45. The van der Waals surface area contributed by atoms with Gasteiger partial charge >= 0.3 is 0 Å². The van der Waals surface area contributed by atoms with E-state index >= 15 is 0 Å². The summed E-state index contributed by atoms with van der Waals surface area (Å²) in [6.45, 7) is 4.13. The highest BCUT2D eigenvalue weighted by Crippen LogP contribution is 2.35. The molecule has 0 saturated heterocycles. The molecule has 0 saturated carbocycles. The van der Waals surface area contributed by atoms with Gasteiger partial charge in [-0.1, -0.05) is 19.9 Å². The van der Waals surface area contributed by atoms with Gasteiger partial charge in [-0.3, -0.25) is 0 Å². The van der Waals surface area contributed by atoms with E-state index in [1.165, 1.54) is 24.5 Å². The van der Waals surface area contributed by atoms with Gasteiger partial charge in [-0.05, 0) is 18.1 Å². The van der Waals surface area contributed by atoms with Crippen LogP contribution in [-0.2, 0) is 0 Å². The van der Waals surface area contributed by atoms with E-state index in [0.717, 1.165) is 5.69 Å². The van der Waals surface area contributed by atoms with Gasteiger partial charge in [0.05, 0.1) is 18.4 Å². The Kier molecular flexibility index (Phi) is 3.43. The van der Waals surface area contributed by atoms with Gasteiger partial charge in [0.15, 0.2) is 0 Å². The lowest BCUT2D eigenvalue weighted by Gasteiger charge is -2.06. The van der Waals surface area contributed by atoms with Crippen LogP contribution in [-0.4, -0.2) is 12.1 Å². The van der Waals surface area contributed by atoms with Gasteiger partial charge in [-0.2, -0.15) is 0 Å². The molecule has 0 atom stereocenters. The Bertz CT molecular complexity index is 522. The fraction of sp³-hybridized carbons (Fsp3) is 0.308. The normalized spacial score (nSPS) is 10.9. The molecule has 1 aromatic carbocycles. The van der Waals surface area contributed by atoms with Crippen LogP contribution in [0.3, 0.4) is 0 Å². The molecular weight excluding hydrogens is 237 g/mol. The summed E-state index contributed by atoms with van der Waals surface area (Å²) >= 11 is 1.44. The van der Waals surface area contributed by atoms with Crippen LogP contribution in [0, 0.1) is 5.82 Å². The largest absolute Gasteiger partial charge is 0.496 e. The predicted octanol–water partition coefficient (Wildman–Crippen LogP) is 4.08. The molecule has 2 aromatic rings. The fourth-order valence-corrected chi connectivity index (χ4v) is 2.58. The van der Waals surface area contributed by atoms with Crippen molar-refractivity contribution in [1.29, 1.82) is 0 Å². The van der Waals surface area contributed by atoms with Gasteiger partial charge in [0.1, 0.15) is 16.6 Å². The fourth-order valence-electron chi connectivity index (χ4n) is 1.55. The molecule has 2 nitrogen and oxygen atoms in total. The molecule has 0 aliphatic rings. The van der Waals surface area contributed by atoms with Crippen molar-refractivity contribution in [2.24, 2.45) is 0 Å². The summed E-state index contributed by atoms with van der Waals surface area (Å²) in [7, 11) is 1.54. The number of aromatic nitrogens is 1. The van der Waals surface area contributed by atoms with Crippen molar-refractivity contribution in [2.45, 2.75) is 19.8 Å². The van der Waals surface area contributed by atoms with Crippen LogP contribution < -0.4 is 4.74 Å². The zero-order valence-corrected chi connectivity index (χ0v) is 10.8. The van der Waals surface area contributed by atoms with Gasteiger partial charge in [0.2, 0.25) is 0 Å². The maximum Gasteiger partial charge on any atom is 0.137 e. The van der Waals surface area contributed by atoms with Crippen LogP contribution in [0.1, 0.15) is 25.5 Å². The Hall–Kier alpha value is -1.42. The van der Waals surface area contributed by atoms with Crippen LogP contribution in [0.4, 0.5) is 4.39 Å². The number of ether oxygens (including phenoxy) is 1. The predicted molar refractivity (Wildman–Crippen MR) is 68.1 cm³/mol. The van der Waals surface area contributed by atoms with Crippen molar-refractivity contribution >= 4 is 11.3 Å². The molecule has 0 unspecified atom stereocenters. The summed E-state index contributed by atoms with van der Waals surface area (Å²) in [5.41, 5.74) is 1.43. The first-order valence-corrected chi connectivity index (χ1v) is 6.29. The molecular formula is C13H14FNOS. The van der Waals surface area contributed by atoms with Crippen molar-refractivity contribution in [2.75, 3.05) is 7.11 Å². The highest BCUT2D eigenvalue weighted by Gasteiger charge is 2.15. The van der Waals surface area contributed by atoms with Crippen molar-refractivity contribution < 1.29 is 9.13 Å². The van der Waals surface area contributed by atoms with Crippen LogP contribution in [0.25, 0.3) is 10.6 Å². The van der Waals surface area contributed by atoms with Gasteiger partial charge in [0.25, 0.3) is 0 Å². The monoisotopic (exact) mass is 251 g/mol. The van der Waals surface area contributed by atoms with Gasteiger partial charge in [0, 0.05) is 5.38 Å². The lowest BCUT2D eigenvalue weighted by Crippen LogP contribution is -1.92. The quantitative estimate of drug-likeness (QED) is 0.820. The first kappa shape index (κ1) is 12.0. The van der Waals surface area contributed by atoms with Gasteiger partial charge in [-0.15, -0.1) is 11.3 Å². The molecule has 0 bridgehead atoms. The summed E-state index contributed by atoms with van der Waals surface area (Å²) in [6, 6.07) is 4.80. The topological polar surface area (TPSA) is 22.1 Å². The van der Waals surface area contributed by atoms with E-state index < -0.39 is 0 Å². The van der Waals surface area contributed by atoms with Gasteiger partial charge < -0.3 is 4.74 Å². The zero-order valence-electron chi connectivity index (χ0n) is 10.0. The Morgan fingerprint density at radius 3 is 2.71 bits per heavy atom. The number of rotatable bonds is 3. The van der Waals surface area contributed by atoms with Crippen LogP contribution in [0.5, 0.6) is 5.75 Å². The van der Waals surface area contributed by atoms with E-state index in [1.807, 2.05) is 5.38 Å². The number of hydrogen-bond acceptors (Lipinski definition) is 3. The van der Waals surface area contributed by atoms with E-state index in [2.05, 4.69) is 18.8 Å². The zero-order chi connectivity index (χ0) is 12.4. The van der Waals surface area contributed by atoms with Crippen molar-refractivity contribution in [3.63, 3.8) is 0 Å². The molecule has 0 aliphatic heterocycles. The first-order chi connectivity index (χ1) is 8.13. The smallest absolute Gasteiger partial charge is 0.137 e. The molecule has 0 radical (unpaired) electrons. The van der Waals surface area contributed by atoms with E-state index in [1.54, 1.807) is 12.1 Å². The number of halogens is 1. The molecule has 0 N–H and O–H groups in total. The van der Waals surface area contributed by atoms with Crippen LogP contribution in [0.2, 0.25) is 0 Å². The Morgan fingerprint density at radius 1 is 1.35 bits per heavy atom. The first-order valence-electron chi connectivity index (χ1n) is 5.41. The Balaban J connectivity index is 2.51. The van der Waals surface area contributed by atoms with Crippen molar-refractivity contribution in [3.8, 4) is 16.3 Å². The molecule has 0 spiro atoms. The van der Waals surface area contributed by atoms with Crippen molar-refractivity contribution in [1.82, 2.24) is 4.98 Å². The number of nitrogens with zero attached hydrogens (tertiary/aromatic N) is 1. The van der Waals surface area contributed by atoms with Crippen molar-refractivity contribution in [3.05, 3.63) is 35.1 Å². The second kappa shape index (κ2) is 4.84. The molecule has 1 aromatic heterocycles. The maximum atomic E-state index is 13.8. The van der Waals surface area contributed by atoms with Crippen LogP contribution >= 0.6 is 11.3 Å². The van der Waals surface area contributed by atoms with Crippen LogP contribution in [0.15, 0.2) is 23.6 Å². The standard InChI is InChI=1S/C13H14FNOS/c1-8(2)10-7-17-13(15-10)12-9(14)5-4-6-11(12)16-3/h4-8H,1-3H3. The molecule has 0 amide bonds. The molecule has 2 rings (SSSR count). The Morgan fingerprint density at radius 2 is 2.12 bits per heavy atom. The maximum absolute atomic E-state index is 13.8. The minimum Gasteiger partial charge on any atom is -0.496 e. The molecule has 17 heavy (non-hydrogen) atoms. The van der Waals surface area contributed by atoms with Gasteiger partial charge in [-0.25, -0.2) is 9.37 Å². The summed E-state index contributed by atoms with van der Waals surface area (Å²) < 4.78 is 19.0. The molecule has 1 heterocycles.